The average molecular weight is 236 g/mol. The Hall–Kier alpha value is -0.130. The van der Waals surface area contributed by atoms with Gasteiger partial charge in [-0.3, -0.25) is 0 Å². The molecule has 0 spiro atoms. The van der Waals surface area contributed by atoms with Gasteiger partial charge in [0.1, 0.15) is 0 Å². The summed E-state index contributed by atoms with van der Waals surface area (Å²) in [5.74, 6) is 0.0529. The average Bonchev–Trinajstić information content (AvgIpc) is 2.11. The van der Waals surface area contributed by atoms with Crippen LogP contribution < -0.4 is 5.73 Å². The predicted octanol–water partition coefficient (Wildman–Crippen LogP) is 1.18. The summed E-state index contributed by atoms with van der Waals surface area (Å²) in [4.78, 5) is 0. The highest BCUT2D eigenvalue weighted by molar-refractivity contribution is 7.89. The van der Waals surface area contributed by atoms with E-state index < -0.39 is 10.0 Å². The van der Waals surface area contributed by atoms with Crippen LogP contribution in [0.15, 0.2) is 0 Å². The molecule has 0 aliphatic carbocycles. The van der Waals surface area contributed by atoms with Crippen LogP contribution in [-0.2, 0) is 10.0 Å². The third-order valence-corrected chi connectivity index (χ3v) is 4.36. The van der Waals surface area contributed by atoms with E-state index in [1.807, 2.05) is 13.8 Å². The maximum Gasteiger partial charge on any atom is 0.215 e. The first-order valence-electron chi connectivity index (χ1n) is 5.65. The number of hydrogen-bond donors (Lipinski definition) is 1. The minimum absolute atomic E-state index is 0.0263. The van der Waals surface area contributed by atoms with Gasteiger partial charge in [-0.1, -0.05) is 19.8 Å². The van der Waals surface area contributed by atoms with Crippen LogP contribution in [0.4, 0.5) is 0 Å². The molecule has 0 saturated carbocycles. The summed E-state index contributed by atoms with van der Waals surface area (Å²) < 4.78 is 25.2. The lowest BCUT2D eigenvalue weighted by molar-refractivity contribution is 0.346. The molecule has 0 unspecified atom stereocenters. The van der Waals surface area contributed by atoms with E-state index in [9.17, 15) is 8.42 Å². The lowest BCUT2D eigenvalue weighted by atomic mass is 10.2. The largest absolute Gasteiger partial charge is 0.329 e. The molecule has 0 amide bonds. The summed E-state index contributed by atoms with van der Waals surface area (Å²) in [7, 11) is -3.14. The van der Waals surface area contributed by atoms with Gasteiger partial charge in [0, 0.05) is 19.1 Å². The van der Waals surface area contributed by atoms with Crippen LogP contribution in [0.5, 0.6) is 0 Å². The molecule has 0 rings (SSSR count). The quantitative estimate of drug-likeness (QED) is 0.644. The zero-order valence-electron chi connectivity index (χ0n) is 10.1. The van der Waals surface area contributed by atoms with E-state index in [2.05, 4.69) is 6.92 Å². The smallest absolute Gasteiger partial charge is 0.215 e. The maximum absolute atomic E-state index is 11.8. The molecule has 0 aromatic carbocycles. The van der Waals surface area contributed by atoms with E-state index in [-0.39, 0.29) is 18.3 Å². The fraction of sp³-hybridized carbons (Fsp3) is 1.00. The number of hydrogen-bond acceptors (Lipinski definition) is 3. The van der Waals surface area contributed by atoms with Gasteiger partial charge < -0.3 is 5.73 Å². The van der Waals surface area contributed by atoms with Crippen molar-refractivity contribution in [3.05, 3.63) is 0 Å². The Morgan fingerprint density at radius 2 is 1.87 bits per heavy atom. The summed E-state index contributed by atoms with van der Waals surface area (Å²) in [6.45, 7) is 6.72. The number of unbranched alkanes of at least 4 members (excludes halogenated alkanes) is 2. The Balaban J connectivity index is 4.38. The van der Waals surface area contributed by atoms with Crippen LogP contribution in [0.25, 0.3) is 0 Å². The molecule has 5 heteroatoms. The van der Waals surface area contributed by atoms with Crippen molar-refractivity contribution in [3.8, 4) is 0 Å². The van der Waals surface area contributed by atoms with Crippen LogP contribution in [0.3, 0.4) is 0 Å². The molecular weight excluding hydrogens is 212 g/mol. The fourth-order valence-corrected chi connectivity index (χ4v) is 3.08. The van der Waals surface area contributed by atoms with Gasteiger partial charge in [-0.2, -0.15) is 4.31 Å². The van der Waals surface area contributed by atoms with Crippen LogP contribution in [0, 0.1) is 0 Å². The van der Waals surface area contributed by atoms with Gasteiger partial charge in [-0.15, -0.1) is 0 Å². The van der Waals surface area contributed by atoms with Crippen molar-refractivity contribution in [2.45, 2.75) is 46.1 Å². The Labute approximate surface area is 93.9 Å². The zero-order valence-corrected chi connectivity index (χ0v) is 10.9. The number of rotatable bonds is 8. The summed E-state index contributed by atoms with van der Waals surface area (Å²) in [6, 6.07) is 0.0263. The van der Waals surface area contributed by atoms with Gasteiger partial charge in [0.15, 0.2) is 0 Å². The zero-order chi connectivity index (χ0) is 11.9. The highest BCUT2D eigenvalue weighted by atomic mass is 32.2. The van der Waals surface area contributed by atoms with Gasteiger partial charge in [-0.05, 0) is 20.3 Å². The number of sulfonamides is 1. The van der Waals surface area contributed by atoms with Crippen molar-refractivity contribution >= 4 is 10.0 Å². The van der Waals surface area contributed by atoms with Crippen molar-refractivity contribution in [1.82, 2.24) is 4.31 Å². The minimum Gasteiger partial charge on any atom is -0.329 e. The molecule has 0 bridgehead atoms. The van der Waals surface area contributed by atoms with E-state index in [0.29, 0.717) is 6.54 Å². The van der Waals surface area contributed by atoms with Crippen molar-refractivity contribution in [1.29, 1.82) is 0 Å². The Kier molecular flexibility index (Phi) is 7.13. The number of nitrogens with zero attached hydrogens (tertiary/aromatic N) is 1. The maximum atomic E-state index is 11.8. The highest BCUT2D eigenvalue weighted by Gasteiger charge is 2.23. The normalized spacial score (nSPS) is 12.7. The van der Waals surface area contributed by atoms with Gasteiger partial charge in [-0.25, -0.2) is 8.42 Å². The molecule has 15 heavy (non-hydrogen) atoms. The van der Waals surface area contributed by atoms with E-state index >= 15 is 0 Å². The second kappa shape index (κ2) is 7.19. The fourth-order valence-electron chi connectivity index (χ4n) is 1.50. The molecule has 0 aromatic rings. The second-order valence-electron chi connectivity index (χ2n) is 4.02. The van der Waals surface area contributed by atoms with Gasteiger partial charge >= 0.3 is 0 Å². The Morgan fingerprint density at radius 1 is 1.27 bits per heavy atom. The lowest BCUT2D eigenvalue weighted by Gasteiger charge is -2.25. The van der Waals surface area contributed by atoms with Crippen molar-refractivity contribution < 1.29 is 8.42 Å². The van der Waals surface area contributed by atoms with E-state index in [0.717, 1.165) is 19.3 Å². The van der Waals surface area contributed by atoms with Gasteiger partial charge in [0.25, 0.3) is 0 Å². The van der Waals surface area contributed by atoms with Crippen molar-refractivity contribution in [2.75, 3.05) is 18.8 Å². The van der Waals surface area contributed by atoms with Crippen LogP contribution in [0.2, 0.25) is 0 Å². The summed E-state index contributed by atoms with van der Waals surface area (Å²) in [6.07, 6.45) is 3.10. The highest BCUT2D eigenvalue weighted by Crippen LogP contribution is 2.09. The first-order valence-corrected chi connectivity index (χ1v) is 7.26. The third-order valence-electron chi connectivity index (χ3n) is 2.29. The summed E-state index contributed by atoms with van der Waals surface area (Å²) in [5.41, 5.74) is 5.30. The van der Waals surface area contributed by atoms with Crippen LogP contribution in [0.1, 0.15) is 40.0 Å². The molecule has 0 aliphatic heterocycles. The van der Waals surface area contributed by atoms with E-state index in [1.165, 1.54) is 0 Å². The molecule has 2 N–H and O–H groups in total. The van der Waals surface area contributed by atoms with E-state index in [4.69, 9.17) is 5.73 Å². The Morgan fingerprint density at radius 3 is 2.27 bits per heavy atom. The van der Waals surface area contributed by atoms with Crippen molar-refractivity contribution in [3.63, 3.8) is 0 Å². The molecule has 0 saturated heterocycles. The second-order valence-corrected chi connectivity index (χ2v) is 6.06. The molecule has 0 aliphatic rings. The minimum atomic E-state index is -3.14. The SMILES string of the molecule is CCCCCN(C(C)C)S(=O)(=O)CCN. The standard InChI is InChI=1S/C10H24N2O2S/c1-4-5-6-8-12(10(2)3)15(13,14)9-7-11/h10H,4-9,11H2,1-3H3. The molecule has 0 atom stereocenters. The summed E-state index contributed by atoms with van der Waals surface area (Å²) in [5, 5.41) is 0. The monoisotopic (exact) mass is 236 g/mol. The third kappa shape index (κ3) is 5.49. The van der Waals surface area contributed by atoms with Crippen molar-refractivity contribution in [2.24, 2.45) is 5.73 Å². The molecule has 0 aromatic heterocycles. The first kappa shape index (κ1) is 14.9. The molecule has 0 fully saturated rings. The molecule has 92 valence electrons. The number of nitrogens with two attached hydrogens (primary N) is 1. The molecule has 0 heterocycles. The van der Waals surface area contributed by atoms with Crippen LogP contribution >= 0.6 is 0 Å². The predicted molar refractivity (Wildman–Crippen MR) is 64.2 cm³/mol. The Bertz CT molecular complexity index is 250. The van der Waals surface area contributed by atoms with Gasteiger partial charge in [0.05, 0.1) is 5.75 Å². The summed E-state index contributed by atoms with van der Waals surface area (Å²) >= 11 is 0. The first-order chi connectivity index (χ1) is 6.95. The molecular formula is C10H24N2O2S. The topological polar surface area (TPSA) is 63.4 Å². The molecule has 4 nitrogen and oxygen atoms in total. The molecule has 0 radical (unpaired) electrons. The lowest BCUT2D eigenvalue weighted by Crippen LogP contribution is -2.40. The van der Waals surface area contributed by atoms with E-state index in [1.54, 1.807) is 4.31 Å². The van der Waals surface area contributed by atoms with Crippen LogP contribution in [-0.4, -0.2) is 37.6 Å². The van der Waals surface area contributed by atoms with Gasteiger partial charge in [0.2, 0.25) is 10.0 Å².